The molecule has 0 heteroatoms. The molecule has 0 saturated heterocycles. The van der Waals surface area contributed by atoms with E-state index in [4.69, 9.17) is 0 Å². The fourth-order valence-electron chi connectivity index (χ4n) is 6.22. The van der Waals surface area contributed by atoms with Gasteiger partial charge in [0.25, 0.3) is 0 Å². The number of hydrogen-bond acceptors (Lipinski definition) is 0. The van der Waals surface area contributed by atoms with E-state index < -0.39 is 0 Å². The average molecular weight is 204 g/mol. The molecule has 0 radical (unpaired) electrons. The molecule has 2 atom stereocenters. The molecule has 0 amide bonds. The molecule has 84 valence electrons. The van der Waals surface area contributed by atoms with Crippen LogP contribution in [0.5, 0.6) is 0 Å². The fraction of sp³-hybridized carbons (Fsp3) is 1.00. The second-order valence-electron chi connectivity index (χ2n) is 6.94. The van der Waals surface area contributed by atoms with Gasteiger partial charge in [-0.05, 0) is 67.6 Å². The van der Waals surface area contributed by atoms with Crippen LogP contribution in [0, 0.1) is 22.7 Å². The van der Waals surface area contributed by atoms with Crippen molar-refractivity contribution in [3.8, 4) is 0 Å². The second kappa shape index (κ2) is 2.81. The molecular formula is C15H24. The Hall–Kier alpha value is 0. The van der Waals surface area contributed by atoms with Gasteiger partial charge >= 0.3 is 0 Å². The van der Waals surface area contributed by atoms with Crippen molar-refractivity contribution in [3.05, 3.63) is 0 Å². The van der Waals surface area contributed by atoms with Gasteiger partial charge in [-0.15, -0.1) is 0 Å². The van der Waals surface area contributed by atoms with Gasteiger partial charge < -0.3 is 0 Å². The van der Waals surface area contributed by atoms with Gasteiger partial charge in [0, 0.05) is 0 Å². The highest BCUT2D eigenvalue weighted by atomic mass is 14.7. The van der Waals surface area contributed by atoms with Crippen molar-refractivity contribution in [1.29, 1.82) is 0 Å². The molecule has 0 aromatic carbocycles. The minimum atomic E-state index is 0.887. The Morgan fingerprint density at radius 2 is 1.27 bits per heavy atom. The lowest BCUT2D eigenvalue weighted by atomic mass is 9.62. The average Bonchev–Trinajstić information content (AvgIpc) is 2.63. The van der Waals surface area contributed by atoms with Crippen molar-refractivity contribution in [3.63, 3.8) is 0 Å². The maximum Gasteiger partial charge on any atom is -0.0207 e. The first kappa shape index (κ1) is 9.07. The molecular weight excluding hydrogens is 180 g/mol. The predicted octanol–water partition coefficient (Wildman–Crippen LogP) is 4.54. The normalized spacial score (nSPS) is 57.6. The molecule has 4 fully saturated rings. The van der Waals surface area contributed by atoms with Crippen LogP contribution in [0.2, 0.25) is 0 Å². The Morgan fingerprint density at radius 1 is 0.600 bits per heavy atom. The van der Waals surface area contributed by atoms with E-state index in [9.17, 15) is 0 Å². The van der Waals surface area contributed by atoms with Gasteiger partial charge in [0.2, 0.25) is 0 Å². The molecule has 2 unspecified atom stereocenters. The maximum atomic E-state index is 1.64. The van der Waals surface area contributed by atoms with Crippen molar-refractivity contribution >= 4 is 0 Å². The lowest BCUT2D eigenvalue weighted by Crippen LogP contribution is -2.34. The summed E-state index contributed by atoms with van der Waals surface area (Å²) in [7, 11) is 0. The van der Waals surface area contributed by atoms with Crippen LogP contribution in [0.1, 0.15) is 70.6 Å². The van der Waals surface area contributed by atoms with Gasteiger partial charge in [-0.25, -0.2) is 0 Å². The number of fused-ring (bicyclic) bond motifs is 3. The van der Waals surface area contributed by atoms with Crippen molar-refractivity contribution in [2.75, 3.05) is 0 Å². The standard InChI is InChI=1S/C15H24/c1-2-8-15(11-13(15)5-1)14-9-3-6-12(14)7-4-10-14/h12-13H,1-11H2. The smallest absolute Gasteiger partial charge is 0.0207 e. The molecule has 0 nitrogen and oxygen atoms in total. The van der Waals surface area contributed by atoms with Crippen molar-refractivity contribution in [2.45, 2.75) is 70.6 Å². The quantitative estimate of drug-likeness (QED) is 0.588. The molecule has 4 aliphatic rings. The highest BCUT2D eigenvalue weighted by Crippen LogP contribution is 2.78. The van der Waals surface area contributed by atoms with Crippen LogP contribution < -0.4 is 0 Å². The summed E-state index contributed by atoms with van der Waals surface area (Å²) in [5.74, 6) is 2.35. The third-order valence-electron chi connectivity index (χ3n) is 6.78. The Morgan fingerprint density at radius 3 is 2.00 bits per heavy atom. The summed E-state index contributed by atoms with van der Waals surface area (Å²) in [5.41, 5.74) is 1.79. The highest BCUT2D eigenvalue weighted by molar-refractivity contribution is 5.18. The molecule has 4 saturated carbocycles. The van der Waals surface area contributed by atoms with Crippen LogP contribution in [-0.4, -0.2) is 0 Å². The third-order valence-corrected chi connectivity index (χ3v) is 6.78. The zero-order chi connectivity index (χ0) is 9.93. The summed E-state index contributed by atoms with van der Waals surface area (Å²) in [6.07, 6.45) is 17.5. The molecule has 0 spiro atoms. The molecule has 4 rings (SSSR count). The van der Waals surface area contributed by atoms with Crippen LogP contribution >= 0.6 is 0 Å². The van der Waals surface area contributed by atoms with Crippen LogP contribution in [0.3, 0.4) is 0 Å². The van der Waals surface area contributed by atoms with Gasteiger partial charge in [0.15, 0.2) is 0 Å². The first-order chi connectivity index (χ1) is 7.37. The topological polar surface area (TPSA) is 0 Å². The molecule has 0 aliphatic heterocycles. The first-order valence-electron chi connectivity index (χ1n) is 7.37. The zero-order valence-electron chi connectivity index (χ0n) is 9.93. The van der Waals surface area contributed by atoms with E-state index in [0.29, 0.717) is 0 Å². The van der Waals surface area contributed by atoms with E-state index in [2.05, 4.69) is 0 Å². The first-order valence-corrected chi connectivity index (χ1v) is 7.37. The van der Waals surface area contributed by atoms with Gasteiger partial charge in [-0.3, -0.25) is 0 Å². The van der Waals surface area contributed by atoms with E-state index in [-0.39, 0.29) is 0 Å². The lowest BCUT2D eigenvalue weighted by molar-refractivity contribution is 0.0669. The molecule has 0 bridgehead atoms. The molecule has 0 aromatic rings. The predicted molar refractivity (Wildman–Crippen MR) is 62.6 cm³/mol. The van der Waals surface area contributed by atoms with Crippen LogP contribution in [0.4, 0.5) is 0 Å². The molecule has 0 heterocycles. The minimum Gasteiger partial charge on any atom is -0.0530 e. The summed E-state index contributed by atoms with van der Waals surface area (Å²) in [6, 6.07) is 0. The number of rotatable bonds is 1. The van der Waals surface area contributed by atoms with Gasteiger partial charge in [-0.1, -0.05) is 25.7 Å². The third kappa shape index (κ3) is 0.953. The van der Waals surface area contributed by atoms with E-state index >= 15 is 0 Å². The van der Waals surface area contributed by atoms with E-state index in [1.165, 1.54) is 11.8 Å². The van der Waals surface area contributed by atoms with Gasteiger partial charge in [-0.2, -0.15) is 0 Å². The van der Waals surface area contributed by atoms with Gasteiger partial charge in [0.1, 0.15) is 0 Å². The highest BCUT2D eigenvalue weighted by Gasteiger charge is 2.69. The van der Waals surface area contributed by atoms with Gasteiger partial charge in [0.05, 0.1) is 0 Å². The van der Waals surface area contributed by atoms with Crippen molar-refractivity contribution < 1.29 is 0 Å². The van der Waals surface area contributed by atoms with Crippen molar-refractivity contribution in [2.24, 2.45) is 22.7 Å². The zero-order valence-corrected chi connectivity index (χ0v) is 9.93. The Balaban J connectivity index is 1.71. The Labute approximate surface area is 93.8 Å². The number of hydrogen-bond donors (Lipinski definition) is 0. The lowest BCUT2D eigenvalue weighted by Gasteiger charge is -2.42. The second-order valence-corrected chi connectivity index (χ2v) is 6.94. The van der Waals surface area contributed by atoms with Crippen molar-refractivity contribution in [1.82, 2.24) is 0 Å². The maximum absolute atomic E-state index is 1.64. The molecule has 0 N–H and O–H groups in total. The van der Waals surface area contributed by atoms with E-state index in [1.807, 2.05) is 0 Å². The summed E-state index contributed by atoms with van der Waals surface area (Å²) >= 11 is 0. The van der Waals surface area contributed by atoms with Crippen LogP contribution in [0.15, 0.2) is 0 Å². The summed E-state index contributed by atoms with van der Waals surface area (Å²) < 4.78 is 0. The largest absolute Gasteiger partial charge is 0.0530 e. The molecule has 4 aliphatic carbocycles. The van der Waals surface area contributed by atoms with E-state index in [0.717, 1.165) is 10.8 Å². The Bertz CT molecular complexity index is 270. The summed E-state index contributed by atoms with van der Waals surface area (Å²) in [5, 5.41) is 0. The van der Waals surface area contributed by atoms with E-state index in [1.54, 1.807) is 70.6 Å². The minimum absolute atomic E-state index is 0.887. The molecule has 0 aromatic heterocycles. The van der Waals surface area contributed by atoms with Crippen LogP contribution in [0.25, 0.3) is 0 Å². The SMILES string of the molecule is C1CCC2(C34CCCC3CCC4)CC2C1. The van der Waals surface area contributed by atoms with Crippen LogP contribution in [-0.2, 0) is 0 Å². The summed E-state index contributed by atoms with van der Waals surface area (Å²) in [4.78, 5) is 0. The Kier molecular flexibility index (Phi) is 1.70. The molecule has 15 heavy (non-hydrogen) atoms. The monoisotopic (exact) mass is 204 g/mol. The summed E-state index contributed by atoms with van der Waals surface area (Å²) in [6.45, 7) is 0. The fourth-order valence-corrected chi connectivity index (χ4v) is 6.22.